The summed E-state index contributed by atoms with van der Waals surface area (Å²) in [6.07, 6.45) is -8.51. The monoisotopic (exact) mass is 571 g/mol. The number of rotatable bonds is 6. The Morgan fingerprint density at radius 1 is 1.02 bits per heavy atom. The Hall–Kier alpha value is -3.77. The van der Waals surface area contributed by atoms with Crippen molar-refractivity contribution < 1.29 is 45.1 Å². The zero-order valence-electron chi connectivity index (χ0n) is 21.9. The lowest BCUT2D eigenvalue weighted by molar-refractivity contribution is -0.139. The first kappa shape index (κ1) is 29.2. The van der Waals surface area contributed by atoms with E-state index in [9.17, 15) is 31.1 Å². The second kappa shape index (κ2) is 11.0. The van der Waals surface area contributed by atoms with Crippen molar-refractivity contribution in [3.05, 3.63) is 65.0 Å². The molecule has 0 spiro atoms. The summed E-state index contributed by atoms with van der Waals surface area (Å²) in [5, 5.41) is 3.83. The summed E-state index contributed by atoms with van der Waals surface area (Å²) in [7, 11) is 0. The zero-order chi connectivity index (χ0) is 29.3. The second-order valence-electron chi connectivity index (χ2n) is 10.3. The molecule has 0 bridgehead atoms. The van der Waals surface area contributed by atoms with Gasteiger partial charge in [-0.25, -0.2) is 4.79 Å². The number of alkyl halides is 6. The molecule has 216 valence electrons. The predicted octanol–water partition coefficient (Wildman–Crippen LogP) is 7.47. The molecule has 3 aromatic rings. The number of likely N-dealkylation sites (tertiary alicyclic amines) is 1. The lowest BCUT2D eigenvalue weighted by Gasteiger charge is -2.26. The lowest BCUT2D eigenvalue weighted by atomic mass is 10.1. The summed E-state index contributed by atoms with van der Waals surface area (Å²) in [4.78, 5) is 18.3. The van der Waals surface area contributed by atoms with Crippen LogP contribution in [0, 0.1) is 0 Å². The van der Waals surface area contributed by atoms with E-state index in [0.717, 1.165) is 24.3 Å². The van der Waals surface area contributed by atoms with Gasteiger partial charge in [0.25, 0.3) is 0 Å². The number of hydrogen-bond donors (Lipinski definition) is 0. The Labute approximate surface area is 226 Å². The third kappa shape index (κ3) is 7.05. The Morgan fingerprint density at radius 2 is 1.73 bits per heavy atom. The van der Waals surface area contributed by atoms with Gasteiger partial charge in [-0.3, -0.25) is 4.90 Å². The molecule has 1 fully saturated rings. The van der Waals surface area contributed by atoms with Gasteiger partial charge in [0.05, 0.1) is 17.7 Å². The maximum atomic E-state index is 13.9. The summed E-state index contributed by atoms with van der Waals surface area (Å²) in [6.45, 7) is 5.43. The average molecular weight is 572 g/mol. The van der Waals surface area contributed by atoms with Crippen molar-refractivity contribution in [3.8, 4) is 17.1 Å². The minimum Gasteiger partial charge on any atom is -0.493 e. The number of halogens is 6. The molecule has 4 rings (SSSR count). The van der Waals surface area contributed by atoms with Crippen LogP contribution in [0.1, 0.15) is 62.2 Å². The molecule has 40 heavy (non-hydrogen) atoms. The van der Waals surface area contributed by atoms with Gasteiger partial charge < -0.3 is 14.0 Å². The number of ether oxygens (including phenoxy) is 2. The fraction of sp³-hybridized carbons (Fsp3) is 0.444. The van der Waals surface area contributed by atoms with Crippen LogP contribution < -0.4 is 4.74 Å². The molecule has 7 nitrogen and oxygen atoms in total. The number of nitrogens with zero attached hydrogens (tertiary/aromatic N) is 3. The molecule has 13 heteroatoms. The molecular formula is C27H27F6N3O4. The molecule has 0 radical (unpaired) electrons. The van der Waals surface area contributed by atoms with Gasteiger partial charge in [0.2, 0.25) is 11.7 Å². The van der Waals surface area contributed by atoms with E-state index in [1.807, 2.05) is 0 Å². The van der Waals surface area contributed by atoms with Gasteiger partial charge in [-0.2, -0.15) is 31.3 Å². The highest BCUT2D eigenvalue weighted by atomic mass is 19.4. The molecule has 2 aromatic carbocycles. The zero-order valence-corrected chi connectivity index (χ0v) is 21.9. The van der Waals surface area contributed by atoms with Crippen molar-refractivity contribution in [1.29, 1.82) is 0 Å². The molecule has 2 heterocycles. The number of carbonyl (C=O) groups is 1. The van der Waals surface area contributed by atoms with Crippen molar-refractivity contribution in [3.63, 3.8) is 0 Å². The summed E-state index contributed by atoms with van der Waals surface area (Å²) in [5.41, 5.74) is -2.09. The third-order valence-corrected chi connectivity index (χ3v) is 6.08. The van der Waals surface area contributed by atoms with Gasteiger partial charge in [0.15, 0.2) is 0 Å². The number of aromatic nitrogens is 2. The Bertz CT molecular complexity index is 1330. The molecule has 0 saturated carbocycles. The SMILES string of the molecule is CC(C)(C)OC(=O)N1CCCC1c1nc(-c2ccc(OCCc3ccc(C(F)(F)F)cc3)c(C(F)(F)F)c2)no1. The second-order valence-corrected chi connectivity index (χ2v) is 10.3. The first-order chi connectivity index (χ1) is 18.6. The third-order valence-electron chi connectivity index (χ3n) is 6.08. The van der Waals surface area contributed by atoms with Gasteiger partial charge in [-0.15, -0.1) is 0 Å². The minimum absolute atomic E-state index is 0.0271. The van der Waals surface area contributed by atoms with E-state index >= 15 is 0 Å². The highest BCUT2D eigenvalue weighted by Crippen LogP contribution is 2.39. The molecule has 0 N–H and O–H groups in total. The molecule has 1 aliphatic heterocycles. The van der Waals surface area contributed by atoms with Crippen molar-refractivity contribution in [2.24, 2.45) is 0 Å². The van der Waals surface area contributed by atoms with E-state index in [0.29, 0.717) is 24.9 Å². The fourth-order valence-electron chi connectivity index (χ4n) is 4.21. The van der Waals surface area contributed by atoms with E-state index in [-0.39, 0.29) is 30.3 Å². The Kier molecular flexibility index (Phi) is 8.04. The fourth-order valence-corrected chi connectivity index (χ4v) is 4.21. The normalized spacial score (nSPS) is 16.3. The molecule has 1 aliphatic rings. The number of hydrogen-bond acceptors (Lipinski definition) is 6. The topological polar surface area (TPSA) is 77.7 Å². The Balaban J connectivity index is 1.48. The maximum Gasteiger partial charge on any atom is 0.419 e. The largest absolute Gasteiger partial charge is 0.493 e. The van der Waals surface area contributed by atoms with E-state index in [4.69, 9.17) is 14.0 Å². The number of amides is 1. The van der Waals surface area contributed by atoms with E-state index in [1.54, 1.807) is 20.8 Å². The van der Waals surface area contributed by atoms with Gasteiger partial charge >= 0.3 is 18.4 Å². The molecular weight excluding hydrogens is 544 g/mol. The van der Waals surface area contributed by atoms with Crippen molar-refractivity contribution in [1.82, 2.24) is 15.0 Å². The molecule has 0 aliphatic carbocycles. The summed E-state index contributed by atoms with van der Waals surface area (Å²) < 4.78 is 95.9. The van der Waals surface area contributed by atoms with Crippen LogP contribution in [-0.2, 0) is 23.5 Å². The molecule has 1 aromatic heterocycles. The van der Waals surface area contributed by atoms with Crippen LogP contribution in [0.2, 0.25) is 0 Å². The van der Waals surface area contributed by atoms with Crippen LogP contribution in [0.15, 0.2) is 47.0 Å². The highest BCUT2D eigenvalue weighted by molar-refractivity contribution is 5.69. The van der Waals surface area contributed by atoms with E-state index in [1.165, 1.54) is 23.1 Å². The molecule has 1 unspecified atom stereocenters. The quantitative estimate of drug-likeness (QED) is 0.286. The van der Waals surface area contributed by atoms with Gasteiger partial charge in [-0.1, -0.05) is 17.3 Å². The molecule has 1 saturated heterocycles. The van der Waals surface area contributed by atoms with E-state index < -0.39 is 47.0 Å². The van der Waals surface area contributed by atoms with Crippen LogP contribution in [0.5, 0.6) is 5.75 Å². The lowest BCUT2D eigenvalue weighted by Crippen LogP contribution is -2.36. The minimum atomic E-state index is -4.77. The van der Waals surface area contributed by atoms with Crippen LogP contribution in [0.4, 0.5) is 31.1 Å². The van der Waals surface area contributed by atoms with Crippen LogP contribution >= 0.6 is 0 Å². The Morgan fingerprint density at radius 3 is 2.35 bits per heavy atom. The first-order valence-electron chi connectivity index (χ1n) is 12.5. The standard InChI is InChI=1S/C27H27F6N3O4/c1-25(2,3)39-24(37)36-13-4-5-20(36)23-34-22(35-40-23)17-8-11-21(19(15-17)27(31,32)33)38-14-12-16-6-9-18(10-7-16)26(28,29)30/h6-11,15,20H,4-5,12-14H2,1-3H3. The average Bonchev–Trinajstić information content (AvgIpc) is 3.52. The van der Waals surface area contributed by atoms with Crippen molar-refractivity contribution in [2.75, 3.05) is 13.2 Å². The van der Waals surface area contributed by atoms with Crippen LogP contribution in [-0.4, -0.2) is 39.9 Å². The maximum absolute atomic E-state index is 13.9. The van der Waals surface area contributed by atoms with Crippen LogP contribution in [0.3, 0.4) is 0 Å². The molecule has 1 atom stereocenters. The van der Waals surface area contributed by atoms with E-state index in [2.05, 4.69) is 10.1 Å². The van der Waals surface area contributed by atoms with Crippen molar-refractivity contribution >= 4 is 6.09 Å². The van der Waals surface area contributed by atoms with Crippen molar-refractivity contribution in [2.45, 2.75) is 64.0 Å². The van der Waals surface area contributed by atoms with Crippen LogP contribution in [0.25, 0.3) is 11.4 Å². The number of benzene rings is 2. The smallest absolute Gasteiger partial charge is 0.419 e. The molecule has 1 amide bonds. The highest BCUT2D eigenvalue weighted by Gasteiger charge is 2.38. The summed E-state index contributed by atoms with van der Waals surface area (Å²) >= 11 is 0. The summed E-state index contributed by atoms with van der Waals surface area (Å²) in [6, 6.07) is 7.06. The van der Waals surface area contributed by atoms with Gasteiger partial charge in [0, 0.05) is 18.5 Å². The van der Waals surface area contributed by atoms with Gasteiger partial charge in [0.1, 0.15) is 17.4 Å². The number of carbonyl (C=O) groups excluding carboxylic acids is 1. The predicted molar refractivity (Wildman–Crippen MR) is 130 cm³/mol. The van der Waals surface area contributed by atoms with Gasteiger partial charge in [-0.05, 0) is 69.5 Å². The summed E-state index contributed by atoms with van der Waals surface area (Å²) in [5.74, 6) is -0.449. The first-order valence-corrected chi connectivity index (χ1v) is 12.5.